The van der Waals surface area contributed by atoms with E-state index < -0.39 is 0 Å². The molecule has 2 aromatic rings. The van der Waals surface area contributed by atoms with Crippen molar-refractivity contribution in [3.63, 3.8) is 0 Å². The second-order valence-electron chi connectivity index (χ2n) is 6.90. The van der Waals surface area contributed by atoms with Crippen molar-refractivity contribution in [2.24, 2.45) is 5.92 Å². The molecule has 0 amide bonds. The molecular formula is C19H25N5O2. The van der Waals surface area contributed by atoms with E-state index in [1.54, 1.807) is 0 Å². The lowest BCUT2D eigenvalue weighted by Crippen LogP contribution is -2.37. The topological polar surface area (TPSA) is 72.4 Å². The number of aryl methyl sites for hydroxylation is 1. The van der Waals surface area contributed by atoms with Crippen molar-refractivity contribution < 1.29 is 9.47 Å². The maximum atomic E-state index is 5.74. The normalized spacial score (nSPS) is 23.2. The van der Waals surface area contributed by atoms with Crippen LogP contribution in [0.2, 0.25) is 0 Å². The summed E-state index contributed by atoms with van der Waals surface area (Å²) in [5.41, 5.74) is 2.25. The molecule has 26 heavy (non-hydrogen) atoms. The van der Waals surface area contributed by atoms with Crippen LogP contribution in [0.5, 0.6) is 0 Å². The van der Waals surface area contributed by atoms with Crippen molar-refractivity contribution >= 4 is 11.8 Å². The fourth-order valence-corrected chi connectivity index (χ4v) is 3.50. The fourth-order valence-electron chi connectivity index (χ4n) is 3.50. The Morgan fingerprint density at radius 1 is 1.12 bits per heavy atom. The molecule has 2 atom stereocenters. The number of rotatable bonds is 5. The number of ether oxygens (including phenoxy) is 2. The molecule has 2 saturated heterocycles. The molecule has 0 bridgehead atoms. The smallest absolute Gasteiger partial charge is 0.227 e. The Labute approximate surface area is 153 Å². The predicted octanol–water partition coefficient (Wildman–Crippen LogP) is 1.69. The lowest BCUT2D eigenvalue weighted by Gasteiger charge is -2.27. The first kappa shape index (κ1) is 17.2. The number of pyridine rings is 1. The third-order valence-corrected chi connectivity index (χ3v) is 4.92. The molecule has 138 valence electrons. The van der Waals surface area contributed by atoms with Gasteiger partial charge in [0, 0.05) is 43.2 Å². The Balaban J connectivity index is 1.46. The number of anilines is 2. The standard InChI is InChI=1S/C19H25N5O2/c1-14-10-18(23-19(21-14)24-6-8-25-9-7-24)22-17-13-26-12-16(17)11-15-2-4-20-5-3-15/h2-5,10,16-17H,6-9,11-13H2,1H3,(H,21,22,23)/t16-,17+/m1/s1. The van der Waals surface area contributed by atoms with Crippen LogP contribution in [0.3, 0.4) is 0 Å². The Morgan fingerprint density at radius 3 is 2.73 bits per heavy atom. The Kier molecular flexibility index (Phi) is 5.26. The Morgan fingerprint density at radius 2 is 1.92 bits per heavy atom. The van der Waals surface area contributed by atoms with Gasteiger partial charge in [0.2, 0.25) is 5.95 Å². The summed E-state index contributed by atoms with van der Waals surface area (Å²) in [6.45, 7) is 6.59. The van der Waals surface area contributed by atoms with E-state index >= 15 is 0 Å². The van der Waals surface area contributed by atoms with Crippen molar-refractivity contribution in [1.29, 1.82) is 0 Å². The maximum absolute atomic E-state index is 5.74. The first-order chi connectivity index (χ1) is 12.8. The highest BCUT2D eigenvalue weighted by Gasteiger charge is 2.29. The van der Waals surface area contributed by atoms with Gasteiger partial charge in [-0.15, -0.1) is 0 Å². The number of hydrogen-bond donors (Lipinski definition) is 1. The second kappa shape index (κ2) is 7.97. The van der Waals surface area contributed by atoms with E-state index in [-0.39, 0.29) is 6.04 Å². The van der Waals surface area contributed by atoms with E-state index in [9.17, 15) is 0 Å². The lowest BCUT2D eigenvalue weighted by molar-refractivity contribution is 0.122. The average Bonchev–Trinajstić information content (AvgIpc) is 3.09. The van der Waals surface area contributed by atoms with Crippen molar-refractivity contribution in [2.75, 3.05) is 49.7 Å². The van der Waals surface area contributed by atoms with Crippen LogP contribution < -0.4 is 10.2 Å². The number of nitrogens with one attached hydrogen (secondary N) is 1. The van der Waals surface area contributed by atoms with Gasteiger partial charge in [-0.25, -0.2) is 4.98 Å². The minimum Gasteiger partial charge on any atom is -0.379 e. The molecule has 1 N–H and O–H groups in total. The summed E-state index contributed by atoms with van der Waals surface area (Å²) < 4.78 is 11.2. The van der Waals surface area contributed by atoms with Gasteiger partial charge >= 0.3 is 0 Å². The van der Waals surface area contributed by atoms with Gasteiger partial charge in [-0.1, -0.05) is 0 Å². The average molecular weight is 355 g/mol. The van der Waals surface area contributed by atoms with Crippen LogP contribution in [0.25, 0.3) is 0 Å². The van der Waals surface area contributed by atoms with Gasteiger partial charge in [-0.2, -0.15) is 4.98 Å². The third-order valence-electron chi connectivity index (χ3n) is 4.92. The monoisotopic (exact) mass is 355 g/mol. The predicted molar refractivity (Wildman–Crippen MR) is 99.5 cm³/mol. The van der Waals surface area contributed by atoms with E-state index in [1.165, 1.54) is 5.56 Å². The van der Waals surface area contributed by atoms with Crippen LogP contribution in [0.15, 0.2) is 30.6 Å². The van der Waals surface area contributed by atoms with Gasteiger partial charge in [0.05, 0.1) is 32.5 Å². The fraction of sp³-hybridized carbons (Fsp3) is 0.526. The molecule has 2 aliphatic heterocycles. The zero-order valence-electron chi connectivity index (χ0n) is 15.1. The van der Waals surface area contributed by atoms with Crippen molar-refractivity contribution in [3.05, 3.63) is 41.9 Å². The molecule has 2 fully saturated rings. The molecule has 0 radical (unpaired) electrons. The van der Waals surface area contributed by atoms with Gasteiger partial charge in [0.1, 0.15) is 5.82 Å². The van der Waals surface area contributed by atoms with Gasteiger partial charge in [0.15, 0.2) is 0 Å². The van der Waals surface area contributed by atoms with Crippen LogP contribution in [-0.4, -0.2) is 60.5 Å². The van der Waals surface area contributed by atoms with E-state index in [2.05, 4.69) is 32.3 Å². The highest BCUT2D eigenvalue weighted by atomic mass is 16.5. The molecule has 0 aromatic carbocycles. The summed E-state index contributed by atoms with van der Waals surface area (Å²) in [6, 6.07) is 6.39. The molecule has 0 aliphatic carbocycles. The first-order valence-electron chi connectivity index (χ1n) is 9.19. The van der Waals surface area contributed by atoms with E-state index in [1.807, 2.05) is 25.4 Å². The summed E-state index contributed by atoms with van der Waals surface area (Å²) in [7, 11) is 0. The Bertz CT molecular complexity index is 721. The number of nitrogens with zero attached hydrogens (tertiary/aromatic N) is 4. The first-order valence-corrected chi connectivity index (χ1v) is 9.19. The number of aromatic nitrogens is 3. The van der Waals surface area contributed by atoms with Crippen LogP contribution in [0.4, 0.5) is 11.8 Å². The molecule has 2 aromatic heterocycles. The molecular weight excluding hydrogens is 330 g/mol. The van der Waals surface area contributed by atoms with E-state index in [4.69, 9.17) is 14.5 Å². The molecule has 4 heterocycles. The summed E-state index contributed by atoms with van der Waals surface area (Å²) in [5, 5.41) is 3.58. The van der Waals surface area contributed by atoms with E-state index in [0.29, 0.717) is 12.5 Å². The van der Waals surface area contributed by atoms with Crippen LogP contribution in [0, 0.1) is 12.8 Å². The van der Waals surface area contributed by atoms with Gasteiger partial charge in [-0.05, 0) is 31.0 Å². The quantitative estimate of drug-likeness (QED) is 0.875. The van der Waals surface area contributed by atoms with Crippen molar-refractivity contribution in [2.45, 2.75) is 19.4 Å². The zero-order valence-corrected chi connectivity index (χ0v) is 15.1. The molecule has 0 saturated carbocycles. The van der Waals surface area contributed by atoms with Crippen molar-refractivity contribution in [3.8, 4) is 0 Å². The molecule has 2 aliphatic rings. The molecule has 7 nitrogen and oxygen atoms in total. The highest BCUT2D eigenvalue weighted by Crippen LogP contribution is 2.23. The van der Waals surface area contributed by atoms with Crippen LogP contribution in [-0.2, 0) is 15.9 Å². The largest absolute Gasteiger partial charge is 0.379 e. The van der Waals surface area contributed by atoms with Crippen LogP contribution >= 0.6 is 0 Å². The minimum absolute atomic E-state index is 0.245. The summed E-state index contributed by atoms with van der Waals surface area (Å²) in [4.78, 5) is 15.6. The third kappa shape index (κ3) is 4.11. The SMILES string of the molecule is Cc1cc(N[C@H]2COC[C@H]2Cc2ccncc2)nc(N2CCOCC2)n1. The number of hydrogen-bond acceptors (Lipinski definition) is 7. The van der Waals surface area contributed by atoms with Gasteiger partial charge in [0.25, 0.3) is 0 Å². The van der Waals surface area contributed by atoms with Crippen molar-refractivity contribution in [1.82, 2.24) is 15.0 Å². The molecule has 0 unspecified atom stereocenters. The van der Waals surface area contributed by atoms with Gasteiger partial charge < -0.3 is 19.7 Å². The molecule has 7 heteroatoms. The van der Waals surface area contributed by atoms with Gasteiger partial charge in [-0.3, -0.25) is 4.98 Å². The molecule has 0 spiro atoms. The zero-order chi connectivity index (χ0) is 17.8. The summed E-state index contributed by atoms with van der Waals surface area (Å²) in [6.07, 6.45) is 4.66. The lowest BCUT2D eigenvalue weighted by atomic mass is 9.95. The number of morpholine rings is 1. The maximum Gasteiger partial charge on any atom is 0.227 e. The minimum atomic E-state index is 0.245. The second-order valence-corrected chi connectivity index (χ2v) is 6.90. The summed E-state index contributed by atoms with van der Waals surface area (Å²) in [5.74, 6) is 2.06. The molecule has 4 rings (SSSR count). The van der Waals surface area contributed by atoms with Crippen LogP contribution in [0.1, 0.15) is 11.3 Å². The Hall–Kier alpha value is -2.25. The summed E-state index contributed by atoms with van der Waals surface area (Å²) >= 11 is 0. The van der Waals surface area contributed by atoms with E-state index in [0.717, 1.165) is 56.8 Å². The highest BCUT2D eigenvalue weighted by molar-refractivity contribution is 5.45.